The summed E-state index contributed by atoms with van der Waals surface area (Å²) in [5.41, 5.74) is 0.969. The fraction of sp³-hybridized carbons (Fsp3) is 0.667. The van der Waals surface area contributed by atoms with E-state index >= 15 is 0 Å². The quantitative estimate of drug-likeness (QED) is 0.881. The van der Waals surface area contributed by atoms with Gasteiger partial charge in [-0.1, -0.05) is 0 Å². The number of aromatic nitrogens is 1. The molecule has 0 spiro atoms. The molecule has 0 atom stereocenters. The molecule has 2 saturated heterocycles. The Labute approximate surface area is 154 Å². The first-order chi connectivity index (χ1) is 11.6. The summed E-state index contributed by atoms with van der Waals surface area (Å²) < 4.78 is 7.13. The lowest BCUT2D eigenvalue weighted by molar-refractivity contribution is 0.0349. The van der Waals surface area contributed by atoms with Crippen molar-refractivity contribution < 1.29 is 9.53 Å². The van der Waals surface area contributed by atoms with Crippen LogP contribution in [0.2, 0.25) is 0 Å². The van der Waals surface area contributed by atoms with Crippen molar-refractivity contribution in [3.05, 3.63) is 33.7 Å². The summed E-state index contributed by atoms with van der Waals surface area (Å²) in [6, 6.07) is 2.09. The molecule has 0 saturated carbocycles. The Morgan fingerprint density at radius 1 is 1.20 bits per heavy atom. The highest BCUT2D eigenvalue weighted by atomic mass is 35.5. The number of hydrogen-bond donors (Lipinski definition) is 1. The maximum Gasteiger partial charge on any atom is 0.263 e. The van der Waals surface area contributed by atoms with E-state index < -0.39 is 0 Å². The zero-order chi connectivity index (χ0) is 17.1. The number of nitrogens with one attached hydrogen (secondary N) is 1. The van der Waals surface area contributed by atoms with Crippen LogP contribution in [0.5, 0.6) is 0 Å². The fourth-order valence-corrected chi connectivity index (χ4v) is 3.73. The molecule has 0 radical (unpaired) electrons. The van der Waals surface area contributed by atoms with E-state index in [2.05, 4.69) is 5.32 Å². The predicted octanol–water partition coefficient (Wildman–Crippen LogP) is 1.75. The maximum atomic E-state index is 13.0. The summed E-state index contributed by atoms with van der Waals surface area (Å²) in [7, 11) is 1.71. The van der Waals surface area contributed by atoms with E-state index in [9.17, 15) is 9.59 Å². The maximum absolute atomic E-state index is 13.0. The molecule has 2 fully saturated rings. The van der Waals surface area contributed by atoms with Crippen molar-refractivity contribution in [2.24, 2.45) is 0 Å². The van der Waals surface area contributed by atoms with E-state index in [4.69, 9.17) is 4.74 Å². The second kappa shape index (κ2) is 8.83. The molecule has 2 aliphatic heterocycles. The van der Waals surface area contributed by atoms with Crippen LogP contribution in [-0.2, 0) is 4.74 Å². The number of ether oxygens (including phenoxy) is 1. The minimum atomic E-state index is -0.138. The molecule has 6 nitrogen and oxygen atoms in total. The molecule has 3 rings (SSSR count). The number of hydrogen-bond acceptors (Lipinski definition) is 4. The molecule has 25 heavy (non-hydrogen) atoms. The second-order valence-electron chi connectivity index (χ2n) is 6.79. The Bertz CT molecular complexity index is 647. The van der Waals surface area contributed by atoms with Gasteiger partial charge in [0.25, 0.3) is 11.5 Å². The van der Waals surface area contributed by atoms with Crippen molar-refractivity contribution in [1.29, 1.82) is 0 Å². The smallest absolute Gasteiger partial charge is 0.263 e. The normalized spacial score (nSPS) is 19.5. The number of pyridine rings is 1. The molecular weight excluding hydrogens is 342 g/mol. The van der Waals surface area contributed by atoms with Crippen LogP contribution in [0.25, 0.3) is 0 Å². The second-order valence-corrected chi connectivity index (χ2v) is 6.79. The van der Waals surface area contributed by atoms with Gasteiger partial charge in [-0.15, -0.1) is 12.4 Å². The highest BCUT2D eigenvalue weighted by molar-refractivity contribution is 5.95. The van der Waals surface area contributed by atoms with E-state index in [-0.39, 0.29) is 36.0 Å². The molecule has 2 aliphatic rings. The Kier molecular flexibility index (Phi) is 7.04. The topological polar surface area (TPSA) is 63.6 Å². The highest BCUT2D eigenvalue weighted by Gasteiger charge is 2.27. The zero-order valence-corrected chi connectivity index (χ0v) is 15.8. The van der Waals surface area contributed by atoms with E-state index in [1.165, 1.54) is 0 Å². The van der Waals surface area contributed by atoms with Gasteiger partial charge in [0.05, 0.1) is 6.10 Å². The summed E-state index contributed by atoms with van der Waals surface area (Å²) in [5.74, 6) is -0.129. The summed E-state index contributed by atoms with van der Waals surface area (Å²) >= 11 is 0. The van der Waals surface area contributed by atoms with E-state index in [0.29, 0.717) is 18.7 Å². The minimum Gasteiger partial charge on any atom is -0.381 e. The van der Waals surface area contributed by atoms with Gasteiger partial charge >= 0.3 is 0 Å². The number of aryl methyl sites for hydroxylation is 1. The summed E-state index contributed by atoms with van der Waals surface area (Å²) in [4.78, 5) is 27.7. The van der Waals surface area contributed by atoms with Crippen LogP contribution < -0.4 is 10.9 Å². The van der Waals surface area contributed by atoms with Gasteiger partial charge in [-0.25, -0.2) is 0 Å². The Balaban J connectivity index is 0.00000225. The first-order valence-corrected chi connectivity index (χ1v) is 8.86. The van der Waals surface area contributed by atoms with Gasteiger partial charge in [-0.2, -0.15) is 0 Å². The van der Waals surface area contributed by atoms with Crippen LogP contribution in [0.1, 0.15) is 47.6 Å². The molecule has 3 heterocycles. The number of carbonyl (C=O) groups is 1. The molecule has 0 unspecified atom stereocenters. The number of amides is 1. The first-order valence-electron chi connectivity index (χ1n) is 8.86. The molecular formula is C18H28ClN3O3. The average molecular weight is 370 g/mol. The SMILES string of the molecule is COC1CCN(C(=O)c2c(C)ccn(C3CCNCC3)c2=O)CC1.Cl. The van der Waals surface area contributed by atoms with E-state index in [1.807, 2.05) is 19.2 Å². The summed E-state index contributed by atoms with van der Waals surface area (Å²) in [5, 5.41) is 3.31. The third kappa shape index (κ3) is 4.25. The molecule has 0 aliphatic carbocycles. The van der Waals surface area contributed by atoms with Crippen molar-refractivity contribution in [2.45, 2.75) is 44.8 Å². The Morgan fingerprint density at radius 3 is 2.44 bits per heavy atom. The monoisotopic (exact) mass is 369 g/mol. The van der Waals surface area contributed by atoms with Crippen molar-refractivity contribution >= 4 is 18.3 Å². The Morgan fingerprint density at radius 2 is 1.84 bits per heavy atom. The van der Waals surface area contributed by atoms with Crippen molar-refractivity contribution in [1.82, 2.24) is 14.8 Å². The molecule has 1 aromatic heterocycles. The molecule has 7 heteroatoms. The van der Waals surface area contributed by atoms with Crippen LogP contribution in [0.4, 0.5) is 0 Å². The van der Waals surface area contributed by atoms with Crippen LogP contribution in [0.3, 0.4) is 0 Å². The lowest BCUT2D eigenvalue weighted by atomic mass is 10.0. The molecule has 140 valence electrons. The third-order valence-corrected chi connectivity index (χ3v) is 5.31. The molecule has 1 amide bonds. The van der Waals surface area contributed by atoms with Gasteiger partial charge in [-0.05, 0) is 57.3 Å². The van der Waals surface area contributed by atoms with Crippen molar-refractivity contribution in [3.63, 3.8) is 0 Å². The van der Waals surface area contributed by atoms with E-state index in [0.717, 1.165) is 44.3 Å². The van der Waals surface area contributed by atoms with Gasteiger partial charge in [0, 0.05) is 32.4 Å². The first kappa shape index (κ1) is 19.9. The number of piperidine rings is 2. The summed E-state index contributed by atoms with van der Waals surface area (Å²) in [6.45, 7) is 4.98. The largest absolute Gasteiger partial charge is 0.381 e. The van der Waals surface area contributed by atoms with E-state index in [1.54, 1.807) is 16.6 Å². The Hall–Kier alpha value is -1.37. The van der Waals surface area contributed by atoms with Gasteiger partial charge in [0.1, 0.15) is 5.56 Å². The summed E-state index contributed by atoms with van der Waals surface area (Å²) in [6.07, 6.45) is 5.58. The molecule has 1 aromatic rings. The number of rotatable bonds is 3. The lowest BCUT2D eigenvalue weighted by Gasteiger charge is -2.32. The average Bonchev–Trinajstić information content (AvgIpc) is 2.62. The van der Waals surface area contributed by atoms with Gasteiger partial charge in [0.15, 0.2) is 0 Å². The van der Waals surface area contributed by atoms with Crippen molar-refractivity contribution in [2.75, 3.05) is 33.3 Å². The van der Waals surface area contributed by atoms with Gasteiger partial charge < -0.3 is 19.5 Å². The zero-order valence-electron chi connectivity index (χ0n) is 15.0. The fourth-order valence-electron chi connectivity index (χ4n) is 3.73. The third-order valence-electron chi connectivity index (χ3n) is 5.31. The molecule has 1 N–H and O–H groups in total. The predicted molar refractivity (Wildman–Crippen MR) is 99.8 cm³/mol. The number of nitrogens with zero attached hydrogens (tertiary/aromatic N) is 2. The molecule has 0 aromatic carbocycles. The standard InChI is InChI=1S/C18H27N3O3.ClH/c1-13-5-12-21(14-3-8-19-9-4-14)18(23)16(13)17(22)20-10-6-15(24-2)7-11-20;/h5,12,14-15,19H,3-4,6-11H2,1-2H3;1H. The lowest BCUT2D eigenvalue weighted by Crippen LogP contribution is -2.44. The van der Waals surface area contributed by atoms with Crippen LogP contribution in [0.15, 0.2) is 17.1 Å². The van der Waals surface area contributed by atoms with Crippen LogP contribution in [0, 0.1) is 6.92 Å². The highest BCUT2D eigenvalue weighted by Crippen LogP contribution is 2.19. The number of halogens is 1. The number of carbonyl (C=O) groups excluding carboxylic acids is 1. The number of likely N-dealkylation sites (tertiary alicyclic amines) is 1. The van der Waals surface area contributed by atoms with Gasteiger partial charge in [-0.3, -0.25) is 9.59 Å². The van der Waals surface area contributed by atoms with Crippen LogP contribution >= 0.6 is 12.4 Å². The minimum absolute atomic E-state index is 0. The van der Waals surface area contributed by atoms with Crippen molar-refractivity contribution in [3.8, 4) is 0 Å². The molecule has 0 bridgehead atoms. The number of methoxy groups -OCH3 is 1. The van der Waals surface area contributed by atoms with Gasteiger partial charge in [0.2, 0.25) is 0 Å². The van der Waals surface area contributed by atoms with Crippen LogP contribution in [-0.4, -0.2) is 54.8 Å².